The molecule has 0 aliphatic carbocycles. The van der Waals surface area contributed by atoms with Crippen LogP contribution in [0.15, 0.2) is 27.5 Å². The van der Waals surface area contributed by atoms with Crippen LogP contribution in [-0.4, -0.2) is 38.5 Å². The number of furan rings is 1. The summed E-state index contributed by atoms with van der Waals surface area (Å²) in [6.45, 7) is 3.61. The van der Waals surface area contributed by atoms with Gasteiger partial charge in [-0.15, -0.1) is 0 Å². The number of nitrogens with zero attached hydrogens (tertiary/aromatic N) is 5. The summed E-state index contributed by atoms with van der Waals surface area (Å²) in [6, 6.07) is 2.06. The summed E-state index contributed by atoms with van der Waals surface area (Å²) in [5, 5.41) is 8.55. The first-order valence-electron chi connectivity index (χ1n) is 8.34. The molecule has 1 aliphatic rings. The average Bonchev–Trinajstić information content (AvgIpc) is 3.35. The minimum Gasteiger partial charge on any atom is -0.481 e. The molecular weight excluding hydrogens is 322 g/mol. The standard InChI is InChI=1S/C17H21N5O3/c1-11-15(17(23-3)21(2)19-11)13-5-4-7-22(13)9-14-18-16(20-25-14)12-6-8-24-10-12/h6,8,10,13H,4-5,7,9H2,1-3H3/t13-/m0/s1. The number of aryl methyl sites for hydroxylation is 2. The van der Waals surface area contributed by atoms with E-state index in [2.05, 4.69) is 20.1 Å². The van der Waals surface area contributed by atoms with Crippen molar-refractivity contribution in [3.8, 4) is 17.3 Å². The highest BCUT2D eigenvalue weighted by molar-refractivity contribution is 5.51. The molecular formula is C17H21N5O3. The number of aromatic nitrogens is 4. The summed E-state index contributed by atoms with van der Waals surface area (Å²) in [4.78, 5) is 6.83. The maximum atomic E-state index is 5.57. The number of ether oxygens (including phenoxy) is 1. The zero-order valence-electron chi connectivity index (χ0n) is 14.6. The van der Waals surface area contributed by atoms with E-state index in [-0.39, 0.29) is 6.04 Å². The second kappa shape index (κ2) is 6.36. The zero-order valence-corrected chi connectivity index (χ0v) is 14.6. The lowest BCUT2D eigenvalue weighted by Gasteiger charge is -2.23. The Kier molecular flexibility index (Phi) is 4.04. The molecule has 0 saturated carbocycles. The fourth-order valence-corrected chi connectivity index (χ4v) is 3.62. The first-order chi connectivity index (χ1) is 12.2. The van der Waals surface area contributed by atoms with Crippen LogP contribution in [0.25, 0.3) is 11.4 Å². The van der Waals surface area contributed by atoms with Crippen molar-refractivity contribution in [2.75, 3.05) is 13.7 Å². The predicted molar refractivity (Wildman–Crippen MR) is 88.9 cm³/mol. The SMILES string of the molecule is COc1c([C@@H]2CCCN2Cc2nc(-c3ccoc3)no2)c(C)nn1C. The van der Waals surface area contributed by atoms with E-state index in [1.807, 2.05) is 20.0 Å². The molecule has 3 aromatic heterocycles. The quantitative estimate of drug-likeness (QED) is 0.704. The zero-order chi connectivity index (χ0) is 17.4. The number of hydrogen-bond acceptors (Lipinski definition) is 7. The molecule has 0 radical (unpaired) electrons. The minimum atomic E-state index is 0.243. The van der Waals surface area contributed by atoms with Crippen molar-refractivity contribution in [3.05, 3.63) is 35.7 Å². The lowest BCUT2D eigenvalue weighted by molar-refractivity contribution is 0.208. The van der Waals surface area contributed by atoms with E-state index in [9.17, 15) is 0 Å². The van der Waals surface area contributed by atoms with E-state index >= 15 is 0 Å². The van der Waals surface area contributed by atoms with E-state index < -0.39 is 0 Å². The van der Waals surface area contributed by atoms with Crippen LogP contribution in [-0.2, 0) is 13.6 Å². The molecule has 0 spiro atoms. The maximum absolute atomic E-state index is 5.57. The Morgan fingerprint density at radius 3 is 3.04 bits per heavy atom. The van der Waals surface area contributed by atoms with Gasteiger partial charge in [0.15, 0.2) is 0 Å². The topological polar surface area (TPSA) is 82.3 Å². The second-order valence-electron chi connectivity index (χ2n) is 6.28. The molecule has 4 rings (SSSR count). The number of likely N-dealkylation sites (tertiary alicyclic amines) is 1. The molecule has 8 nitrogen and oxygen atoms in total. The van der Waals surface area contributed by atoms with Crippen molar-refractivity contribution < 1.29 is 13.7 Å². The van der Waals surface area contributed by atoms with E-state index in [1.54, 1.807) is 24.3 Å². The third kappa shape index (κ3) is 2.82. The Bertz CT molecular complexity index is 852. The maximum Gasteiger partial charge on any atom is 0.241 e. The van der Waals surface area contributed by atoms with Gasteiger partial charge in [-0.25, -0.2) is 4.68 Å². The van der Waals surface area contributed by atoms with Gasteiger partial charge >= 0.3 is 0 Å². The van der Waals surface area contributed by atoms with Gasteiger partial charge in [-0.2, -0.15) is 10.1 Å². The lowest BCUT2D eigenvalue weighted by Crippen LogP contribution is -2.23. The third-order valence-corrected chi connectivity index (χ3v) is 4.69. The monoisotopic (exact) mass is 343 g/mol. The Labute approximate surface area is 145 Å². The van der Waals surface area contributed by atoms with Crippen LogP contribution < -0.4 is 4.74 Å². The van der Waals surface area contributed by atoms with Crippen molar-refractivity contribution >= 4 is 0 Å². The third-order valence-electron chi connectivity index (χ3n) is 4.69. The van der Waals surface area contributed by atoms with Gasteiger partial charge in [0.1, 0.15) is 6.26 Å². The molecule has 0 amide bonds. The summed E-state index contributed by atoms with van der Waals surface area (Å²) >= 11 is 0. The highest BCUT2D eigenvalue weighted by Gasteiger charge is 2.33. The smallest absolute Gasteiger partial charge is 0.241 e. The van der Waals surface area contributed by atoms with Crippen molar-refractivity contribution in [3.63, 3.8) is 0 Å². The van der Waals surface area contributed by atoms with Crippen molar-refractivity contribution in [2.24, 2.45) is 7.05 Å². The van der Waals surface area contributed by atoms with Crippen LogP contribution in [0.3, 0.4) is 0 Å². The Morgan fingerprint density at radius 1 is 1.40 bits per heavy atom. The highest BCUT2D eigenvalue weighted by atomic mass is 16.5. The number of hydrogen-bond donors (Lipinski definition) is 0. The largest absolute Gasteiger partial charge is 0.481 e. The van der Waals surface area contributed by atoms with Crippen molar-refractivity contribution in [1.29, 1.82) is 0 Å². The van der Waals surface area contributed by atoms with Gasteiger partial charge in [0, 0.05) is 13.1 Å². The Hall–Kier alpha value is -2.61. The number of rotatable bonds is 5. The summed E-state index contributed by atoms with van der Waals surface area (Å²) < 4.78 is 17.9. The minimum absolute atomic E-state index is 0.243. The first-order valence-corrected chi connectivity index (χ1v) is 8.34. The molecule has 8 heteroatoms. The normalized spacial score (nSPS) is 18.1. The fraction of sp³-hybridized carbons (Fsp3) is 0.471. The Balaban J connectivity index is 1.57. The molecule has 0 bridgehead atoms. The molecule has 0 N–H and O–H groups in total. The molecule has 1 saturated heterocycles. The number of methoxy groups -OCH3 is 1. The van der Waals surface area contributed by atoms with E-state index in [4.69, 9.17) is 13.7 Å². The Morgan fingerprint density at radius 2 is 2.28 bits per heavy atom. The van der Waals surface area contributed by atoms with Gasteiger partial charge in [0.2, 0.25) is 17.6 Å². The molecule has 0 unspecified atom stereocenters. The average molecular weight is 343 g/mol. The van der Waals surface area contributed by atoms with Crippen LogP contribution in [0.1, 0.15) is 36.0 Å². The summed E-state index contributed by atoms with van der Waals surface area (Å²) in [6.07, 6.45) is 5.38. The summed E-state index contributed by atoms with van der Waals surface area (Å²) in [5.74, 6) is 1.97. The van der Waals surface area contributed by atoms with Gasteiger partial charge in [-0.1, -0.05) is 5.16 Å². The van der Waals surface area contributed by atoms with Crippen molar-refractivity contribution in [1.82, 2.24) is 24.8 Å². The molecule has 25 heavy (non-hydrogen) atoms. The van der Waals surface area contributed by atoms with Gasteiger partial charge in [-0.05, 0) is 32.4 Å². The van der Waals surface area contributed by atoms with E-state index in [1.165, 1.54) is 0 Å². The van der Waals surface area contributed by atoms with Crippen molar-refractivity contribution in [2.45, 2.75) is 32.4 Å². The van der Waals surface area contributed by atoms with E-state index in [0.717, 1.165) is 42.1 Å². The fourth-order valence-electron chi connectivity index (χ4n) is 3.62. The molecule has 1 atom stereocenters. The van der Waals surface area contributed by atoms with Gasteiger partial charge in [0.25, 0.3) is 0 Å². The molecule has 0 aromatic carbocycles. The van der Waals surface area contributed by atoms with Crippen LogP contribution >= 0.6 is 0 Å². The van der Waals surface area contributed by atoms with Crippen LogP contribution in [0.5, 0.6) is 5.88 Å². The predicted octanol–water partition coefficient (Wildman–Crippen LogP) is 2.72. The van der Waals surface area contributed by atoms with Gasteiger partial charge < -0.3 is 13.7 Å². The lowest BCUT2D eigenvalue weighted by atomic mass is 10.1. The van der Waals surface area contributed by atoms with Crippen LogP contribution in [0.4, 0.5) is 0 Å². The highest BCUT2D eigenvalue weighted by Crippen LogP contribution is 2.39. The summed E-state index contributed by atoms with van der Waals surface area (Å²) in [5.41, 5.74) is 2.97. The molecule has 132 valence electrons. The molecule has 1 fully saturated rings. The summed E-state index contributed by atoms with van der Waals surface area (Å²) in [7, 11) is 3.60. The van der Waals surface area contributed by atoms with E-state index in [0.29, 0.717) is 18.3 Å². The van der Waals surface area contributed by atoms with Crippen LogP contribution in [0, 0.1) is 6.92 Å². The molecule has 1 aliphatic heterocycles. The van der Waals surface area contributed by atoms with Gasteiger partial charge in [0.05, 0.1) is 36.7 Å². The van der Waals surface area contributed by atoms with Gasteiger partial charge in [-0.3, -0.25) is 4.90 Å². The molecule has 4 heterocycles. The second-order valence-corrected chi connectivity index (χ2v) is 6.28. The first kappa shape index (κ1) is 15.9. The molecule has 3 aromatic rings. The van der Waals surface area contributed by atoms with Crippen LogP contribution in [0.2, 0.25) is 0 Å².